The highest BCUT2D eigenvalue weighted by Gasteiger charge is 2.37. The second-order valence-corrected chi connectivity index (χ2v) is 10.4. The summed E-state index contributed by atoms with van der Waals surface area (Å²) in [5.74, 6) is -1.16. The predicted octanol–water partition coefficient (Wildman–Crippen LogP) is 7.48. The summed E-state index contributed by atoms with van der Waals surface area (Å²) in [6, 6.07) is 9.61. The van der Waals surface area contributed by atoms with Crippen molar-refractivity contribution in [2.45, 2.75) is 57.7 Å². The Bertz CT molecular complexity index is 1100. The van der Waals surface area contributed by atoms with Crippen LogP contribution in [0, 0.1) is 11.6 Å². The summed E-state index contributed by atoms with van der Waals surface area (Å²) in [4.78, 5) is 5.21. The predicted molar refractivity (Wildman–Crippen MR) is 135 cm³/mol. The van der Waals surface area contributed by atoms with E-state index in [2.05, 4.69) is 20.9 Å². The lowest BCUT2D eigenvalue weighted by Gasteiger charge is -2.38. The number of para-hydroxylation sites is 1. The van der Waals surface area contributed by atoms with Crippen molar-refractivity contribution in [3.8, 4) is 5.75 Å². The van der Waals surface area contributed by atoms with Crippen molar-refractivity contribution in [1.29, 1.82) is 0 Å². The molecule has 0 fully saturated rings. The minimum Gasteiger partial charge on any atom is -0.493 e. The molecular formula is C27H32BrF3N2O. The van der Waals surface area contributed by atoms with Crippen LogP contribution < -0.4 is 4.74 Å². The molecule has 3 aromatic rings. The largest absolute Gasteiger partial charge is 0.493 e. The van der Waals surface area contributed by atoms with E-state index in [9.17, 15) is 4.39 Å². The van der Waals surface area contributed by atoms with E-state index in [0.717, 1.165) is 53.2 Å². The molecule has 1 atom stereocenters. The van der Waals surface area contributed by atoms with Gasteiger partial charge in [0.05, 0.1) is 12.6 Å². The minimum atomic E-state index is -1.51. The van der Waals surface area contributed by atoms with Crippen molar-refractivity contribution in [2.75, 3.05) is 25.0 Å². The highest BCUT2D eigenvalue weighted by atomic mass is 79.9. The number of nitrogens with one attached hydrogen (secondary N) is 1. The molecule has 2 heterocycles. The van der Waals surface area contributed by atoms with E-state index >= 15 is 8.78 Å². The number of unbranched alkanes of at least 4 members (excludes halogenated alkanes) is 3. The molecular weight excluding hydrogens is 505 g/mol. The van der Waals surface area contributed by atoms with Crippen LogP contribution in [0.5, 0.6) is 5.75 Å². The zero-order valence-corrected chi connectivity index (χ0v) is 21.4. The standard InChI is InChI=1S/C27H32BrF3N2O/c1-27(2,31)17-33-13-11-20-19-9-5-6-10-23(19)32-25(20)26(33)24-21(29)15-18(16-22(24)30)34-14-8-4-3-7-12-28/h5-6,9-10,15-16,26,32H,3-4,7-8,11-14,17H2,1-2H3. The SMILES string of the molecule is CC(C)(F)CN1CCc2c([nH]c3ccccc23)C1c1c(F)cc(OCCCCCCBr)cc1F. The van der Waals surface area contributed by atoms with Crippen molar-refractivity contribution < 1.29 is 17.9 Å². The molecule has 1 aliphatic rings. The van der Waals surface area contributed by atoms with Gasteiger partial charge in [0.1, 0.15) is 23.1 Å². The lowest BCUT2D eigenvalue weighted by atomic mass is 9.90. The number of aromatic nitrogens is 1. The molecule has 0 spiro atoms. The first-order valence-electron chi connectivity index (χ1n) is 12.0. The Hall–Kier alpha value is -1.99. The maximum atomic E-state index is 15.5. The fraction of sp³-hybridized carbons (Fsp3) is 0.481. The van der Waals surface area contributed by atoms with Gasteiger partial charge in [0.15, 0.2) is 0 Å². The molecule has 7 heteroatoms. The third-order valence-electron chi connectivity index (χ3n) is 6.34. The van der Waals surface area contributed by atoms with E-state index in [-0.39, 0.29) is 17.9 Å². The number of hydrogen-bond donors (Lipinski definition) is 1. The van der Waals surface area contributed by atoms with Gasteiger partial charge in [0.2, 0.25) is 0 Å². The summed E-state index contributed by atoms with van der Waals surface area (Å²) >= 11 is 3.41. The zero-order chi connectivity index (χ0) is 24.3. The van der Waals surface area contributed by atoms with E-state index in [4.69, 9.17) is 4.74 Å². The van der Waals surface area contributed by atoms with E-state index < -0.39 is 23.3 Å². The number of rotatable bonds is 10. The van der Waals surface area contributed by atoms with Crippen LogP contribution in [-0.4, -0.2) is 40.6 Å². The van der Waals surface area contributed by atoms with Gasteiger partial charge in [-0.25, -0.2) is 13.2 Å². The maximum Gasteiger partial charge on any atom is 0.135 e. The Morgan fingerprint density at radius 1 is 1.09 bits per heavy atom. The number of alkyl halides is 2. The van der Waals surface area contributed by atoms with Crippen LogP contribution in [0.4, 0.5) is 13.2 Å². The van der Waals surface area contributed by atoms with E-state index in [0.29, 0.717) is 19.6 Å². The van der Waals surface area contributed by atoms with Crippen molar-refractivity contribution in [3.05, 3.63) is 64.9 Å². The van der Waals surface area contributed by atoms with Crippen LogP contribution in [0.15, 0.2) is 36.4 Å². The van der Waals surface area contributed by atoms with E-state index in [1.54, 1.807) is 0 Å². The Balaban J connectivity index is 1.66. The van der Waals surface area contributed by atoms with Gasteiger partial charge in [-0.3, -0.25) is 4.90 Å². The molecule has 0 bridgehead atoms. The van der Waals surface area contributed by atoms with Crippen LogP contribution in [0.25, 0.3) is 10.9 Å². The normalized spacial score (nSPS) is 16.7. The van der Waals surface area contributed by atoms with Gasteiger partial charge in [-0.15, -0.1) is 0 Å². The van der Waals surface area contributed by atoms with Crippen LogP contribution in [0.1, 0.15) is 62.4 Å². The molecule has 0 saturated heterocycles. The maximum absolute atomic E-state index is 15.5. The lowest BCUT2D eigenvalue weighted by molar-refractivity contribution is 0.0962. The van der Waals surface area contributed by atoms with Gasteiger partial charge in [-0.2, -0.15) is 0 Å². The summed E-state index contributed by atoms with van der Waals surface area (Å²) in [6.45, 7) is 3.98. The summed E-state index contributed by atoms with van der Waals surface area (Å²) in [5, 5.41) is 2.02. The molecule has 2 aromatic carbocycles. The Labute approximate surface area is 207 Å². The van der Waals surface area contributed by atoms with Crippen molar-refractivity contribution in [3.63, 3.8) is 0 Å². The van der Waals surface area contributed by atoms with Crippen LogP contribution in [0.3, 0.4) is 0 Å². The first-order chi connectivity index (χ1) is 16.3. The highest BCUT2D eigenvalue weighted by molar-refractivity contribution is 9.09. The first-order valence-corrected chi connectivity index (χ1v) is 13.1. The molecule has 34 heavy (non-hydrogen) atoms. The number of fused-ring (bicyclic) bond motifs is 3. The number of benzene rings is 2. The van der Waals surface area contributed by atoms with Crippen LogP contribution >= 0.6 is 15.9 Å². The Morgan fingerprint density at radius 2 is 1.79 bits per heavy atom. The molecule has 1 unspecified atom stereocenters. The molecule has 0 saturated carbocycles. The second kappa shape index (κ2) is 10.7. The van der Waals surface area contributed by atoms with Crippen molar-refractivity contribution >= 4 is 26.8 Å². The van der Waals surface area contributed by atoms with Gasteiger partial charge >= 0.3 is 0 Å². The van der Waals surface area contributed by atoms with Crippen LogP contribution in [-0.2, 0) is 6.42 Å². The summed E-state index contributed by atoms with van der Waals surface area (Å²) in [7, 11) is 0. The van der Waals surface area contributed by atoms with E-state index in [1.807, 2.05) is 29.2 Å². The summed E-state index contributed by atoms with van der Waals surface area (Å²) < 4.78 is 51.3. The number of hydrogen-bond acceptors (Lipinski definition) is 2. The minimum absolute atomic E-state index is 0.0675. The fourth-order valence-electron chi connectivity index (χ4n) is 4.92. The molecule has 4 rings (SSSR count). The number of aromatic amines is 1. The Kier molecular flexibility index (Phi) is 7.93. The van der Waals surface area contributed by atoms with Crippen molar-refractivity contribution in [2.24, 2.45) is 0 Å². The first kappa shape index (κ1) is 25.1. The average molecular weight is 537 g/mol. The smallest absolute Gasteiger partial charge is 0.135 e. The molecule has 0 aliphatic carbocycles. The highest BCUT2D eigenvalue weighted by Crippen LogP contribution is 2.41. The molecule has 1 aromatic heterocycles. The number of nitrogens with zero attached hydrogens (tertiary/aromatic N) is 1. The number of halogens is 4. The Morgan fingerprint density at radius 3 is 2.50 bits per heavy atom. The van der Waals surface area contributed by atoms with Gasteiger partial charge in [-0.1, -0.05) is 47.0 Å². The second-order valence-electron chi connectivity index (χ2n) is 9.66. The summed E-state index contributed by atoms with van der Waals surface area (Å²) in [5.41, 5.74) is 1.11. The van der Waals surface area contributed by atoms with Gasteiger partial charge in [0, 0.05) is 52.7 Å². The monoisotopic (exact) mass is 536 g/mol. The zero-order valence-electron chi connectivity index (χ0n) is 19.8. The molecule has 184 valence electrons. The molecule has 1 N–H and O–H groups in total. The summed E-state index contributed by atoms with van der Waals surface area (Å²) in [6.07, 6.45) is 4.71. The van der Waals surface area contributed by atoms with Gasteiger partial charge in [-0.05, 0) is 44.7 Å². The molecule has 0 amide bonds. The molecule has 3 nitrogen and oxygen atoms in total. The van der Waals surface area contributed by atoms with Gasteiger partial charge in [0.25, 0.3) is 0 Å². The molecule has 1 aliphatic heterocycles. The lowest BCUT2D eigenvalue weighted by Crippen LogP contribution is -2.43. The quantitative estimate of drug-likeness (QED) is 0.215. The van der Waals surface area contributed by atoms with Crippen LogP contribution in [0.2, 0.25) is 0 Å². The van der Waals surface area contributed by atoms with Crippen molar-refractivity contribution in [1.82, 2.24) is 9.88 Å². The topological polar surface area (TPSA) is 28.3 Å². The average Bonchev–Trinajstić information content (AvgIpc) is 3.14. The third-order valence-corrected chi connectivity index (χ3v) is 6.90. The third kappa shape index (κ3) is 5.62. The van der Waals surface area contributed by atoms with E-state index in [1.165, 1.54) is 26.0 Å². The molecule has 0 radical (unpaired) electrons. The fourth-order valence-corrected chi connectivity index (χ4v) is 5.31. The number of ether oxygens (including phenoxy) is 1. The number of H-pyrrole nitrogens is 1. The van der Waals surface area contributed by atoms with Gasteiger partial charge < -0.3 is 9.72 Å².